The summed E-state index contributed by atoms with van der Waals surface area (Å²) < 4.78 is 1.85. The van der Waals surface area contributed by atoms with E-state index in [9.17, 15) is 5.26 Å². The molecule has 0 spiro atoms. The molecule has 2 aliphatic heterocycles. The fraction of sp³-hybridized carbons (Fsp3) is 0.444. The molecule has 2 aliphatic rings. The molecule has 0 saturated carbocycles. The van der Waals surface area contributed by atoms with Crippen molar-refractivity contribution in [2.45, 2.75) is 25.8 Å². The van der Waals surface area contributed by atoms with Crippen LogP contribution in [0.5, 0.6) is 0 Å². The van der Waals surface area contributed by atoms with Gasteiger partial charge in [-0.3, -0.25) is 4.90 Å². The molecule has 1 atom stereocenters. The molecule has 1 unspecified atom stereocenters. The fourth-order valence-corrected chi connectivity index (χ4v) is 4.14. The monoisotopic (exact) mass is 333 g/mol. The highest BCUT2D eigenvalue weighted by atomic mass is 15.4. The number of nitrogens with zero attached hydrogens (tertiary/aromatic N) is 7. The van der Waals surface area contributed by atoms with E-state index in [1.54, 1.807) is 0 Å². The van der Waals surface area contributed by atoms with Crippen LogP contribution >= 0.6 is 0 Å². The number of aromatic nitrogens is 4. The number of anilines is 1. The van der Waals surface area contributed by atoms with Gasteiger partial charge < -0.3 is 4.90 Å². The Kier molecular flexibility index (Phi) is 3.15. The maximum atomic E-state index is 9.19. The number of aryl methyl sites for hydroxylation is 1. The van der Waals surface area contributed by atoms with Crippen LogP contribution in [0.1, 0.15) is 24.2 Å². The summed E-state index contributed by atoms with van der Waals surface area (Å²) in [6.07, 6.45) is 2.55. The summed E-state index contributed by atoms with van der Waals surface area (Å²) >= 11 is 0. The lowest BCUT2D eigenvalue weighted by molar-refractivity contribution is 0.229. The summed E-state index contributed by atoms with van der Waals surface area (Å²) in [6.45, 7) is 6.14. The maximum Gasteiger partial charge on any atom is 0.229 e. The molecule has 0 aliphatic carbocycles. The molecule has 2 saturated heterocycles. The van der Waals surface area contributed by atoms with Crippen LogP contribution in [0.2, 0.25) is 0 Å². The van der Waals surface area contributed by atoms with Gasteiger partial charge in [-0.1, -0.05) is 0 Å². The molecular formula is C18H19N7. The van der Waals surface area contributed by atoms with E-state index in [-0.39, 0.29) is 0 Å². The molecule has 0 bridgehead atoms. The third kappa shape index (κ3) is 2.25. The van der Waals surface area contributed by atoms with E-state index in [0.29, 0.717) is 11.6 Å². The van der Waals surface area contributed by atoms with Crippen LogP contribution in [0.25, 0.3) is 16.6 Å². The maximum absolute atomic E-state index is 9.19. The summed E-state index contributed by atoms with van der Waals surface area (Å²) in [7, 11) is 0. The number of fused-ring (bicyclic) bond motifs is 4. The number of hydrogen-bond acceptors (Lipinski definition) is 6. The molecule has 4 heterocycles. The summed E-state index contributed by atoms with van der Waals surface area (Å²) in [6, 6.07) is 8.38. The predicted octanol–water partition coefficient (Wildman–Crippen LogP) is 1.74. The average Bonchev–Trinajstić information content (AvgIpc) is 3.25. The van der Waals surface area contributed by atoms with Crippen molar-refractivity contribution in [2.24, 2.45) is 0 Å². The van der Waals surface area contributed by atoms with E-state index >= 15 is 0 Å². The Hall–Kier alpha value is -2.72. The minimum absolute atomic E-state index is 0.615. The van der Waals surface area contributed by atoms with Crippen molar-refractivity contribution in [3.8, 4) is 6.07 Å². The summed E-state index contributed by atoms with van der Waals surface area (Å²) in [5.41, 5.74) is 2.26. The van der Waals surface area contributed by atoms with Crippen molar-refractivity contribution in [1.82, 2.24) is 24.5 Å². The Labute approximate surface area is 145 Å². The zero-order chi connectivity index (χ0) is 17.0. The highest BCUT2D eigenvalue weighted by molar-refractivity contribution is 5.93. The van der Waals surface area contributed by atoms with Crippen molar-refractivity contribution < 1.29 is 0 Å². The van der Waals surface area contributed by atoms with Crippen molar-refractivity contribution in [3.63, 3.8) is 0 Å². The Bertz CT molecular complexity index is 1020. The van der Waals surface area contributed by atoms with E-state index < -0.39 is 0 Å². The van der Waals surface area contributed by atoms with Crippen molar-refractivity contribution >= 4 is 22.5 Å². The normalized spacial score (nSPS) is 21.0. The topological polar surface area (TPSA) is 73.4 Å². The minimum Gasteiger partial charge on any atom is -0.338 e. The van der Waals surface area contributed by atoms with E-state index in [4.69, 9.17) is 4.98 Å². The van der Waals surface area contributed by atoms with Gasteiger partial charge in [0.1, 0.15) is 5.82 Å². The first kappa shape index (κ1) is 14.6. The van der Waals surface area contributed by atoms with Gasteiger partial charge in [0.2, 0.25) is 5.95 Å². The van der Waals surface area contributed by atoms with E-state index in [0.717, 1.165) is 48.0 Å². The van der Waals surface area contributed by atoms with Crippen LogP contribution in [0.4, 0.5) is 5.95 Å². The molecule has 7 nitrogen and oxygen atoms in total. The fourth-order valence-electron chi connectivity index (χ4n) is 4.14. The second-order valence-corrected chi connectivity index (χ2v) is 6.93. The largest absolute Gasteiger partial charge is 0.338 e. The molecule has 7 heteroatoms. The Morgan fingerprint density at radius 3 is 3.00 bits per heavy atom. The predicted molar refractivity (Wildman–Crippen MR) is 94.5 cm³/mol. The van der Waals surface area contributed by atoms with Crippen molar-refractivity contribution in [2.75, 3.05) is 31.1 Å². The summed E-state index contributed by atoms with van der Waals surface area (Å²) in [4.78, 5) is 14.4. The molecule has 0 amide bonds. The van der Waals surface area contributed by atoms with Gasteiger partial charge >= 0.3 is 0 Å². The number of rotatable bonds is 1. The molecule has 25 heavy (non-hydrogen) atoms. The van der Waals surface area contributed by atoms with E-state index in [1.165, 1.54) is 19.4 Å². The number of hydrogen-bond donors (Lipinski definition) is 0. The van der Waals surface area contributed by atoms with Gasteiger partial charge in [0, 0.05) is 31.1 Å². The van der Waals surface area contributed by atoms with Gasteiger partial charge in [0.05, 0.1) is 17.1 Å². The number of benzene rings is 1. The Morgan fingerprint density at radius 1 is 1.20 bits per heavy atom. The lowest BCUT2D eigenvalue weighted by Crippen LogP contribution is -2.51. The molecular weight excluding hydrogens is 314 g/mol. The minimum atomic E-state index is 0.615. The molecule has 5 rings (SSSR count). The van der Waals surface area contributed by atoms with Gasteiger partial charge in [-0.05, 0) is 44.5 Å². The van der Waals surface area contributed by atoms with Crippen LogP contribution in [0.15, 0.2) is 18.2 Å². The quantitative estimate of drug-likeness (QED) is 0.675. The number of nitriles is 1. The third-order valence-electron chi connectivity index (χ3n) is 5.36. The molecule has 1 aromatic carbocycles. The van der Waals surface area contributed by atoms with Crippen LogP contribution < -0.4 is 4.90 Å². The van der Waals surface area contributed by atoms with Gasteiger partial charge in [-0.15, -0.1) is 5.10 Å². The van der Waals surface area contributed by atoms with Gasteiger partial charge in [-0.2, -0.15) is 9.78 Å². The van der Waals surface area contributed by atoms with E-state index in [1.807, 2.05) is 29.6 Å². The first-order valence-corrected chi connectivity index (χ1v) is 8.79. The van der Waals surface area contributed by atoms with Crippen LogP contribution in [-0.4, -0.2) is 56.7 Å². The highest BCUT2D eigenvalue weighted by Crippen LogP contribution is 2.28. The lowest BCUT2D eigenvalue weighted by atomic mass is 10.1. The highest BCUT2D eigenvalue weighted by Gasteiger charge is 2.32. The summed E-state index contributed by atoms with van der Waals surface area (Å²) in [5.74, 6) is 1.58. The second kappa shape index (κ2) is 5.39. The van der Waals surface area contributed by atoms with Crippen LogP contribution in [0, 0.1) is 18.3 Å². The standard InChI is InChI=1S/C18H19N7/c1-12-20-17-15-9-13(10-19)4-5-16(15)21-18(25(17)22-12)24-8-7-23-6-2-3-14(23)11-24/h4-5,9,14H,2-3,6-8,11H2,1H3. The second-order valence-electron chi connectivity index (χ2n) is 6.93. The first-order valence-electron chi connectivity index (χ1n) is 8.79. The number of piperazine rings is 1. The molecule has 2 fully saturated rings. The van der Waals surface area contributed by atoms with Crippen LogP contribution in [-0.2, 0) is 0 Å². The van der Waals surface area contributed by atoms with Crippen molar-refractivity contribution in [3.05, 3.63) is 29.6 Å². The lowest BCUT2D eigenvalue weighted by Gasteiger charge is -2.37. The van der Waals surface area contributed by atoms with Gasteiger partial charge in [-0.25, -0.2) is 9.97 Å². The van der Waals surface area contributed by atoms with E-state index in [2.05, 4.69) is 26.0 Å². The summed E-state index contributed by atoms with van der Waals surface area (Å²) in [5, 5.41) is 14.7. The SMILES string of the molecule is Cc1nc2c3cc(C#N)ccc3nc(N3CCN4CCCC4C3)n2n1. The third-order valence-corrected chi connectivity index (χ3v) is 5.36. The molecule has 3 aromatic rings. The smallest absolute Gasteiger partial charge is 0.229 e. The molecule has 2 aromatic heterocycles. The Morgan fingerprint density at radius 2 is 2.12 bits per heavy atom. The zero-order valence-corrected chi connectivity index (χ0v) is 14.2. The van der Waals surface area contributed by atoms with Gasteiger partial charge in [0.25, 0.3) is 0 Å². The van der Waals surface area contributed by atoms with Crippen molar-refractivity contribution in [1.29, 1.82) is 5.26 Å². The molecule has 126 valence electrons. The molecule has 0 N–H and O–H groups in total. The molecule has 0 radical (unpaired) electrons. The van der Waals surface area contributed by atoms with Gasteiger partial charge in [0.15, 0.2) is 5.65 Å². The zero-order valence-electron chi connectivity index (χ0n) is 14.2. The van der Waals surface area contributed by atoms with Crippen LogP contribution in [0.3, 0.4) is 0 Å². The first-order chi connectivity index (χ1) is 12.2. The Balaban J connectivity index is 1.68. The average molecular weight is 333 g/mol.